The van der Waals surface area contributed by atoms with Crippen LogP contribution in [0.3, 0.4) is 0 Å². The van der Waals surface area contributed by atoms with Crippen molar-refractivity contribution in [2.75, 3.05) is 18.0 Å². The Morgan fingerprint density at radius 2 is 1.82 bits per heavy atom. The van der Waals surface area contributed by atoms with E-state index in [0.717, 1.165) is 57.8 Å². The molecule has 4 aromatic rings. The molecule has 2 aromatic heterocycles. The average molecular weight is 514 g/mol. The fraction of sp³-hybridized carbons (Fsp3) is 0.280. The van der Waals surface area contributed by atoms with Crippen molar-refractivity contribution in [2.24, 2.45) is 11.1 Å². The van der Waals surface area contributed by atoms with E-state index in [9.17, 15) is 0 Å². The summed E-state index contributed by atoms with van der Waals surface area (Å²) in [7, 11) is 0. The second kappa shape index (κ2) is 8.43. The third kappa shape index (κ3) is 3.82. The van der Waals surface area contributed by atoms with Gasteiger partial charge in [0.2, 0.25) is 0 Å². The molecule has 33 heavy (non-hydrogen) atoms. The van der Waals surface area contributed by atoms with E-state index in [1.54, 1.807) is 17.4 Å². The molecule has 1 aliphatic heterocycles. The molecule has 0 amide bonds. The highest BCUT2D eigenvalue weighted by Crippen LogP contribution is 2.51. The summed E-state index contributed by atoms with van der Waals surface area (Å²) in [5, 5.41) is 1.11. The van der Waals surface area contributed by atoms with Gasteiger partial charge in [-0.15, -0.1) is 11.3 Å². The molecule has 1 aliphatic carbocycles. The highest BCUT2D eigenvalue weighted by Gasteiger charge is 2.45. The summed E-state index contributed by atoms with van der Waals surface area (Å²) >= 11 is 15.7. The fourth-order valence-corrected chi connectivity index (χ4v) is 7.63. The van der Waals surface area contributed by atoms with Gasteiger partial charge in [-0.1, -0.05) is 65.3 Å². The summed E-state index contributed by atoms with van der Waals surface area (Å²) in [5.41, 5.74) is 10.4. The number of aromatic nitrogens is 2. The lowest BCUT2D eigenvalue weighted by Crippen LogP contribution is -2.44. The number of hydrogen-bond acceptors (Lipinski definition) is 6. The molecule has 4 nitrogen and oxygen atoms in total. The molecular weight excluding hydrogens is 491 g/mol. The van der Waals surface area contributed by atoms with Gasteiger partial charge in [-0.3, -0.25) is 0 Å². The molecule has 2 N–H and O–H groups in total. The normalized spacial score (nSPS) is 19.4. The lowest BCUT2D eigenvalue weighted by atomic mass is 9.73. The molecular formula is C25H22Cl2N4S2. The Morgan fingerprint density at radius 3 is 2.64 bits per heavy atom. The molecule has 1 fully saturated rings. The standard InChI is InChI=1S/C25H22Cl2N4S2/c26-17-6-3-7-18(21(17)27)32-24-30-23-19(33-24)8-9-20(29-23)31-12-10-25(11-13-31)14-15-4-1-2-5-16(15)22(25)28/h1-9,22H,10-14,28H2/t22-/m1/s1. The molecule has 2 aliphatic rings. The summed E-state index contributed by atoms with van der Waals surface area (Å²) in [6, 6.07) is 18.7. The van der Waals surface area contributed by atoms with Gasteiger partial charge in [-0.05, 0) is 60.1 Å². The Kier molecular flexibility index (Phi) is 5.54. The predicted molar refractivity (Wildman–Crippen MR) is 139 cm³/mol. The average Bonchev–Trinajstić information content (AvgIpc) is 3.35. The van der Waals surface area contributed by atoms with E-state index in [1.807, 2.05) is 12.1 Å². The number of hydrogen-bond donors (Lipinski definition) is 1. The zero-order valence-electron chi connectivity index (χ0n) is 17.8. The minimum absolute atomic E-state index is 0.128. The Hall–Kier alpha value is -1.83. The third-order valence-corrected chi connectivity index (χ3v) is 10.1. The number of piperidine rings is 1. The van der Waals surface area contributed by atoms with Crippen molar-refractivity contribution in [3.8, 4) is 0 Å². The highest BCUT2D eigenvalue weighted by atomic mass is 35.5. The summed E-state index contributed by atoms with van der Waals surface area (Å²) in [5.74, 6) is 0.990. The molecule has 2 aromatic carbocycles. The Bertz CT molecular complexity index is 1350. The first-order valence-corrected chi connectivity index (χ1v) is 13.4. The maximum atomic E-state index is 6.74. The minimum Gasteiger partial charge on any atom is -0.357 e. The van der Waals surface area contributed by atoms with Crippen LogP contribution >= 0.6 is 46.3 Å². The van der Waals surface area contributed by atoms with Crippen LogP contribution in [-0.2, 0) is 6.42 Å². The lowest BCUT2D eigenvalue weighted by molar-refractivity contribution is 0.187. The molecule has 3 heterocycles. The van der Waals surface area contributed by atoms with Gasteiger partial charge in [0.05, 0.1) is 14.7 Å². The predicted octanol–water partition coefficient (Wildman–Crippen LogP) is 6.99. The van der Waals surface area contributed by atoms with Gasteiger partial charge < -0.3 is 10.6 Å². The second-order valence-corrected chi connectivity index (χ2v) is 11.9. The number of anilines is 1. The zero-order valence-corrected chi connectivity index (χ0v) is 20.9. The smallest absolute Gasteiger partial charge is 0.173 e. The quantitative estimate of drug-likeness (QED) is 0.320. The van der Waals surface area contributed by atoms with E-state index < -0.39 is 0 Å². The van der Waals surface area contributed by atoms with Crippen molar-refractivity contribution in [3.05, 3.63) is 75.8 Å². The second-order valence-electron chi connectivity index (χ2n) is 8.83. The number of pyridine rings is 1. The SMILES string of the molecule is N[C@@H]1c2ccccc2CC12CCN(c1ccc3sc(Sc4cccc(Cl)c4Cl)nc3n1)CC2. The van der Waals surface area contributed by atoms with E-state index in [0.29, 0.717) is 10.0 Å². The number of benzene rings is 2. The van der Waals surface area contributed by atoms with Crippen LogP contribution in [0.2, 0.25) is 10.0 Å². The van der Waals surface area contributed by atoms with Gasteiger partial charge in [0, 0.05) is 24.0 Å². The molecule has 1 atom stereocenters. The van der Waals surface area contributed by atoms with E-state index in [1.165, 1.54) is 22.9 Å². The molecule has 0 saturated carbocycles. The summed E-state index contributed by atoms with van der Waals surface area (Å²) in [6.45, 7) is 1.92. The highest BCUT2D eigenvalue weighted by molar-refractivity contribution is 8.01. The van der Waals surface area contributed by atoms with Crippen molar-refractivity contribution in [1.82, 2.24) is 9.97 Å². The third-order valence-electron chi connectivity index (χ3n) is 7.01. The summed E-state index contributed by atoms with van der Waals surface area (Å²) < 4.78 is 1.98. The largest absolute Gasteiger partial charge is 0.357 e. The molecule has 8 heteroatoms. The van der Waals surface area contributed by atoms with Crippen molar-refractivity contribution < 1.29 is 0 Å². The number of nitrogens with zero attached hydrogens (tertiary/aromatic N) is 3. The molecule has 6 rings (SSSR count). The van der Waals surface area contributed by atoms with E-state index in [4.69, 9.17) is 38.9 Å². The first-order chi connectivity index (χ1) is 16.0. The zero-order chi connectivity index (χ0) is 22.6. The van der Waals surface area contributed by atoms with E-state index >= 15 is 0 Å². The topological polar surface area (TPSA) is 55.0 Å². The van der Waals surface area contributed by atoms with Gasteiger partial charge in [-0.2, -0.15) is 0 Å². The number of halogens is 2. The van der Waals surface area contributed by atoms with Crippen LogP contribution in [-0.4, -0.2) is 23.1 Å². The van der Waals surface area contributed by atoms with Crippen LogP contribution in [0.25, 0.3) is 10.3 Å². The molecule has 0 unspecified atom stereocenters. The number of fused-ring (bicyclic) bond motifs is 2. The van der Waals surface area contributed by atoms with Gasteiger partial charge in [-0.25, -0.2) is 9.97 Å². The monoisotopic (exact) mass is 512 g/mol. The fourth-order valence-electron chi connectivity index (χ4n) is 5.15. The van der Waals surface area contributed by atoms with Crippen molar-refractivity contribution in [2.45, 2.75) is 34.5 Å². The van der Waals surface area contributed by atoms with Crippen LogP contribution < -0.4 is 10.6 Å². The van der Waals surface area contributed by atoms with Crippen LogP contribution in [0.1, 0.15) is 30.0 Å². The van der Waals surface area contributed by atoms with Crippen LogP contribution in [0.15, 0.2) is 63.8 Å². The Morgan fingerprint density at radius 1 is 1.00 bits per heavy atom. The van der Waals surface area contributed by atoms with Crippen LogP contribution in [0, 0.1) is 5.41 Å². The Labute approximate surface area is 211 Å². The van der Waals surface area contributed by atoms with Crippen molar-refractivity contribution in [1.29, 1.82) is 0 Å². The van der Waals surface area contributed by atoms with Crippen molar-refractivity contribution in [3.63, 3.8) is 0 Å². The van der Waals surface area contributed by atoms with Crippen LogP contribution in [0.5, 0.6) is 0 Å². The number of rotatable bonds is 3. The molecule has 1 saturated heterocycles. The van der Waals surface area contributed by atoms with Gasteiger partial charge >= 0.3 is 0 Å². The summed E-state index contributed by atoms with van der Waals surface area (Å²) in [6.07, 6.45) is 3.24. The van der Waals surface area contributed by atoms with Crippen LogP contribution in [0.4, 0.5) is 5.82 Å². The first-order valence-electron chi connectivity index (χ1n) is 11.0. The lowest BCUT2D eigenvalue weighted by Gasteiger charge is -2.42. The van der Waals surface area contributed by atoms with E-state index in [-0.39, 0.29) is 11.5 Å². The number of thiazole rings is 1. The molecule has 1 spiro atoms. The summed E-state index contributed by atoms with van der Waals surface area (Å²) in [4.78, 5) is 12.9. The van der Waals surface area contributed by atoms with E-state index in [2.05, 4.69) is 41.3 Å². The molecule has 168 valence electrons. The minimum atomic E-state index is 0.128. The van der Waals surface area contributed by atoms with Gasteiger partial charge in [0.25, 0.3) is 0 Å². The first kappa shape index (κ1) is 21.7. The van der Waals surface area contributed by atoms with Crippen molar-refractivity contribution >= 4 is 62.5 Å². The van der Waals surface area contributed by atoms with Gasteiger partial charge in [0.1, 0.15) is 5.82 Å². The maximum Gasteiger partial charge on any atom is 0.173 e. The molecule has 0 bridgehead atoms. The number of nitrogens with two attached hydrogens (primary N) is 1. The molecule has 0 radical (unpaired) electrons. The maximum absolute atomic E-state index is 6.74. The Balaban J connectivity index is 1.19. The van der Waals surface area contributed by atoms with Gasteiger partial charge in [0.15, 0.2) is 9.99 Å².